The van der Waals surface area contributed by atoms with Gasteiger partial charge in [-0.2, -0.15) is 0 Å². The standard InChI is InChI=1S/C28H30N2O2/c1-20(31)11-8-9-18-29-28(32)19-24-13-5-6-15-25(24)21(2)30-22(3)26-17-10-14-23-12-4-7-16-27(23)26/h4-8,10-17,22,30H,2,9,18-19H2,1,3H3,(H,29,32)/b11-8+. The molecule has 0 saturated carbocycles. The molecule has 32 heavy (non-hydrogen) atoms. The van der Waals surface area contributed by atoms with E-state index in [2.05, 4.69) is 60.5 Å². The predicted octanol–water partition coefficient (Wildman–Crippen LogP) is 5.36. The fourth-order valence-electron chi connectivity index (χ4n) is 3.79. The lowest BCUT2D eigenvalue weighted by atomic mass is 9.98. The third-order valence-electron chi connectivity index (χ3n) is 5.36. The van der Waals surface area contributed by atoms with Gasteiger partial charge in [0.05, 0.1) is 6.42 Å². The summed E-state index contributed by atoms with van der Waals surface area (Å²) in [6, 6.07) is 22.6. The van der Waals surface area contributed by atoms with Gasteiger partial charge in [0.25, 0.3) is 0 Å². The van der Waals surface area contributed by atoms with Crippen molar-refractivity contribution in [3.63, 3.8) is 0 Å². The summed E-state index contributed by atoms with van der Waals surface area (Å²) in [6.45, 7) is 8.39. The van der Waals surface area contributed by atoms with Crippen LogP contribution in [0.15, 0.2) is 85.5 Å². The lowest BCUT2D eigenvalue weighted by Crippen LogP contribution is -2.26. The van der Waals surface area contributed by atoms with Crippen molar-refractivity contribution in [2.75, 3.05) is 6.54 Å². The van der Waals surface area contributed by atoms with Gasteiger partial charge in [0, 0.05) is 23.8 Å². The number of benzene rings is 3. The molecule has 3 rings (SSSR count). The highest BCUT2D eigenvalue weighted by atomic mass is 16.1. The van der Waals surface area contributed by atoms with Crippen LogP contribution in [-0.4, -0.2) is 18.2 Å². The van der Waals surface area contributed by atoms with Crippen LogP contribution in [0.3, 0.4) is 0 Å². The molecule has 0 spiro atoms. The van der Waals surface area contributed by atoms with E-state index in [1.807, 2.05) is 30.3 Å². The Labute approximate surface area is 190 Å². The Kier molecular flexibility index (Phi) is 7.98. The van der Waals surface area contributed by atoms with E-state index in [4.69, 9.17) is 0 Å². The van der Waals surface area contributed by atoms with Crippen molar-refractivity contribution >= 4 is 28.2 Å². The molecule has 0 aromatic heterocycles. The monoisotopic (exact) mass is 426 g/mol. The van der Waals surface area contributed by atoms with Crippen molar-refractivity contribution in [3.05, 3.63) is 102 Å². The van der Waals surface area contributed by atoms with Crippen molar-refractivity contribution in [3.8, 4) is 0 Å². The Morgan fingerprint density at radius 3 is 2.53 bits per heavy atom. The largest absolute Gasteiger partial charge is 0.378 e. The second kappa shape index (κ2) is 11.1. The molecule has 4 nitrogen and oxygen atoms in total. The van der Waals surface area contributed by atoms with Crippen LogP contribution in [0.25, 0.3) is 16.5 Å². The highest BCUT2D eigenvalue weighted by Crippen LogP contribution is 2.26. The molecule has 1 atom stereocenters. The maximum Gasteiger partial charge on any atom is 0.224 e. The lowest BCUT2D eigenvalue weighted by molar-refractivity contribution is -0.120. The van der Waals surface area contributed by atoms with Gasteiger partial charge in [-0.25, -0.2) is 0 Å². The summed E-state index contributed by atoms with van der Waals surface area (Å²) in [7, 11) is 0. The van der Waals surface area contributed by atoms with Gasteiger partial charge in [0.15, 0.2) is 5.78 Å². The summed E-state index contributed by atoms with van der Waals surface area (Å²) in [5, 5.41) is 8.85. The van der Waals surface area contributed by atoms with E-state index in [9.17, 15) is 9.59 Å². The first-order chi connectivity index (χ1) is 15.5. The van der Waals surface area contributed by atoms with Crippen LogP contribution < -0.4 is 10.6 Å². The number of ketones is 1. The average molecular weight is 427 g/mol. The zero-order chi connectivity index (χ0) is 22.9. The predicted molar refractivity (Wildman–Crippen MR) is 132 cm³/mol. The Morgan fingerprint density at radius 1 is 1.00 bits per heavy atom. The molecule has 0 fully saturated rings. The fraction of sp³-hybridized carbons (Fsp3) is 0.214. The van der Waals surface area contributed by atoms with Crippen molar-refractivity contribution in [2.45, 2.75) is 32.7 Å². The Balaban J connectivity index is 1.66. The van der Waals surface area contributed by atoms with E-state index in [0.717, 1.165) is 16.8 Å². The van der Waals surface area contributed by atoms with Gasteiger partial charge in [-0.3, -0.25) is 9.59 Å². The second-order valence-corrected chi connectivity index (χ2v) is 7.90. The molecule has 3 aromatic rings. The molecule has 0 radical (unpaired) electrons. The highest BCUT2D eigenvalue weighted by molar-refractivity contribution is 5.87. The number of amides is 1. The van der Waals surface area contributed by atoms with Crippen LogP contribution in [0.4, 0.5) is 0 Å². The molecule has 0 aliphatic heterocycles. The quantitative estimate of drug-likeness (QED) is 0.339. The molecule has 2 N–H and O–H groups in total. The van der Waals surface area contributed by atoms with Crippen molar-refractivity contribution in [1.82, 2.24) is 10.6 Å². The second-order valence-electron chi connectivity index (χ2n) is 7.90. The molecule has 0 aliphatic rings. The maximum atomic E-state index is 12.4. The first-order valence-electron chi connectivity index (χ1n) is 10.9. The van der Waals surface area contributed by atoms with Crippen molar-refractivity contribution < 1.29 is 9.59 Å². The number of hydrogen-bond acceptors (Lipinski definition) is 3. The van der Waals surface area contributed by atoms with E-state index < -0.39 is 0 Å². The van der Waals surface area contributed by atoms with Crippen LogP contribution in [-0.2, 0) is 16.0 Å². The van der Waals surface area contributed by atoms with Gasteiger partial charge in [-0.05, 0) is 48.2 Å². The molecule has 0 aliphatic carbocycles. The van der Waals surface area contributed by atoms with Crippen LogP contribution in [0.5, 0.6) is 0 Å². The molecule has 164 valence electrons. The highest BCUT2D eigenvalue weighted by Gasteiger charge is 2.14. The molecule has 0 saturated heterocycles. The molecule has 0 heterocycles. The molecule has 4 heteroatoms. The van der Waals surface area contributed by atoms with Gasteiger partial charge in [0.1, 0.15) is 0 Å². The maximum absolute atomic E-state index is 12.4. The summed E-state index contributed by atoms with van der Waals surface area (Å²) < 4.78 is 0. The van der Waals surface area contributed by atoms with E-state index in [1.165, 1.54) is 29.3 Å². The van der Waals surface area contributed by atoms with Crippen LogP contribution >= 0.6 is 0 Å². The number of rotatable bonds is 10. The van der Waals surface area contributed by atoms with Crippen molar-refractivity contribution in [2.24, 2.45) is 0 Å². The van der Waals surface area contributed by atoms with E-state index >= 15 is 0 Å². The van der Waals surface area contributed by atoms with Crippen LogP contribution in [0, 0.1) is 0 Å². The summed E-state index contributed by atoms with van der Waals surface area (Å²) in [5.41, 5.74) is 3.86. The van der Waals surface area contributed by atoms with Gasteiger partial charge in [-0.1, -0.05) is 79.4 Å². The number of carbonyl (C=O) groups excluding carboxylic acids is 2. The summed E-state index contributed by atoms with van der Waals surface area (Å²) in [4.78, 5) is 23.3. The molecule has 1 unspecified atom stereocenters. The molecule has 0 bridgehead atoms. The topological polar surface area (TPSA) is 58.2 Å². The summed E-state index contributed by atoms with van der Waals surface area (Å²) in [6.07, 6.45) is 4.20. The Morgan fingerprint density at radius 2 is 1.72 bits per heavy atom. The van der Waals surface area contributed by atoms with Gasteiger partial charge in [-0.15, -0.1) is 0 Å². The number of nitrogens with one attached hydrogen (secondary N) is 2. The summed E-state index contributed by atoms with van der Waals surface area (Å²) >= 11 is 0. The van der Waals surface area contributed by atoms with Crippen LogP contribution in [0.1, 0.15) is 43.0 Å². The third kappa shape index (κ3) is 6.17. The smallest absolute Gasteiger partial charge is 0.224 e. The van der Waals surface area contributed by atoms with E-state index in [-0.39, 0.29) is 24.2 Å². The van der Waals surface area contributed by atoms with E-state index in [1.54, 1.807) is 6.08 Å². The zero-order valence-corrected chi connectivity index (χ0v) is 18.7. The summed E-state index contributed by atoms with van der Waals surface area (Å²) in [5.74, 6) is -0.0439. The zero-order valence-electron chi connectivity index (χ0n) is 18.7. The first-order valence-corrected chi connectivity index (χ1v) is 10.9. The van der Waals surface area contributed by atoms with Crippen molar-refractivity contribution in [1.29, 1.82) is 0 Å². The van der Waals surface area contributed by atoms with Gasteiger partial charge >= 0.3 is 0 Å². The number of allylic oxidation sites excluding steroid dienone is 1. The first kappa shape index (κ1) is 23.0. The molecular weight excluding hydrogens is 396 g/mol. The molecule has 1 amide bonds. The Bertz CT molecular complexity index is 1140. The molecule has 3 aromatic carbocycles. The minimum atomic E-state index is -0.0522. The van der Waals surface area contributed by atoms with Gasteiger partial charge in [0.2, 0.25) is 5.91 Å². The Hall–Kier alpha value is -3.66. The average Bonchev–Trinajstić information content (AvgIpc) is 2.78. The van der Waals surface area contributed by atoms with Crippen LogP contribution in [0.2, 0.25) is 0 Å². The minimum Gasteiger partial charge on any atom is -0.378 e. The van der Waals surface area contributed by atoms with Gasteiger partial charge < -0.3 is 10.6 Å². The third-order valence-corrected chi connectivity index (χ3v) is 5.36. The number of fused-ring (bicyclic) bond motifs is 1. The minimum absolute atomic E-state index is 0.00833. The number of hydrogen-bond donors (Lipinski definition) is 2. The molecular formula is C28H30N2O2. The lowest BCUT2D eigenvalue weighted by Gasteiger charge is -2.21. The normalized spacial score (nSPS) is 11.9. The SMILES string of the molecule is C=C(NC(C)c1cccc2ccccc12)c1ccccc1CC(=O)NCC/C=C/C(C)=O. The van der Waals surface area contributed by atoms with E-state index in [0.29, 0.717) is 13.0 Å². The number of carbonyl (C=O) groups is 2. The fourth-order valence-corrected chi connectivity index (χ4v) is 3.79.